The maximum Gasteiger partial charge on any atom is 0.239 e. The fourth-order valence-corrected chi connectivity index (χ4v) is 4.40. The topological polar surface area (TPSA) is 97.1 Å². The third-order valence-electron chi connectivity index (χ3n) is 6.36. The molecule has 0 bridgehead atoms. The summed E-state index contributed by atoms with van der Waals surface area (Å²) in [6.45, 7) is 3.71. The van der Waals surface area contributed by atoms with Crippen molar-refractivity contribution >= 4 is 17.1 Å². The number of pyridine rings is 1. The first-order chi connectivity index (χ1) is 16.6. The summed E-state index contributed by atoms with van der Waals surface area (Å²) in [5, 5.41) is 0. The number of likely N-dealkylation sites (tertiary alicyclic amines) is 1. The van der Waals surface area contributed by atoms with Crippen molar-refractivity contribution in [3.8, 4) is 17.1 Å². The standard InChI is InChI=1S/C27H29N5O2/c1-18(28)27(33)32-15-13-20(14-16-32)23-11-12-24-26(29-23)31-25(30-24)21-7-9-22(10-8-21)34-17-19-5-3-2-4-6-19/h2-12,18,20H,13-17,28H2,1H3,(H,29,30,31). The van der Waals surface area contributed by atoms with Gasteiger partial charge in [0.15, 0.2) is 5.65 Å². The molecule has 0 aliphatic carbocycles. The third kappa shape index (κ3) is 4.79. The Hall–Kier alpha value is -3.71. The average Bonchev–Trinajstić information content (AvgIpc) is 3.31. The number of imidazole rings is 1. The summed E-state index contributed by atoms with van der Waals surface area (Å²) in [6.07, 6.45) is 1.78. The van der Waals surface area contributed by atoms with E-state index in [1.54, 1.807) is 6.92 Å². The molecule has 0 radical (unpaired) electrons. The number of hydrogen-bond donors (Lipinski definition) is 2. The molecular weight excluding hydrogens is 426 g/mol. The molecule has 3 heterocycles. The summed E-state index contributed by atoms with van der Waals surface area (Å²) in [5.74, 6) is 1.95. The monoisotopic (exact) mass is 455 g/mol. The number of benzene rings is 2. The third-order valence-corrected chi connectivity index (χ3v) is 6.36. The first-order valence-electron chi connectivity index (χ1n) is 11.7. The van der Waals surface area contributed by atoms with Crippen molar-refractivity contribution in [1.29, 1.82) is 0 Å². The van der Waals surface area contributed by atoms with Crippen LogP contribution in [-0.2, 0) is 11.4 Å². The van der Waals surface area contributed by atoms with Gasteiger partial charge in [-0.2, -0.15) is 0 Å². The van der Waals surface area contributed by atoms with Gasteiger partial charge in [0, 0.05) is 30.3 Å². The second-order valence-electron chi connectivity index (χ2n) is 8.88. The van der Waals surface area contributed by atoms with Crippen LogP contribution in [0.15, 0.2) is 66.7 Å². The Balaban J connectivity index is 1.25. The van der Waals surface area contributed by atoms with Crippen LogP contribution in [0.25, 0.3) is 22.6 Å². The number of fused-ring (bicyclic) bond motifs is 1. The molecule has 174 valence electrons. The van der Waals surface area contributed by atoms with E-state index in [4.69, 9.17) is 20.4 Å². The Morgan fingerprint density at radius 2 is 1.79 bits per heavy atom. The number of hydrogen-bond acceptors (Lipinski definition) is 5. The van der Waals surface area contributed by atoms with Crippen LogP contribution in [0.5, 0.6) is 5.75 Å². The smallest absolute Gasteiger partial charge is 0.239 e. The van der Waals surface area contributed by atoms with Crippen molar-refractivity contribution in [3.63, 3.8) is 0 Å². The summed E-state index contributed by atoms with van der Waals surface area (Å²) in [5.41, 5.74) is 10.5. The van der Waals surface area contributed by atoms with Gasteiger partial charge < -0.3 is 20.4 Å². The lowest BCUT2D eigenvalue weighted by Crippen LogP contribution is -2.45. The zero-order chi connectivity index (χ0) is 23.5. The van der Waals surface area contributed by atoms with Crippen molar-refractivity contribution < 1.29 is 9.53 Å². The molecule has 0 saturated carbocycles. The number of carbonyl (C=O) groups excluding carboxylic acids is 1. The highest BCUT2D eigenvalue weighted by Gasteiger charge is 2.26. The van der Waals surface area contributed by atoms with E-state index in [2.05, 4.69) is 11.1 Å². The number of aromatic nitrogens is 3. The number of H-pyrrole nitrogens is 1. The van der Waals surface area contributed by atoms with E-state index < -0.39 is 6.04 Å². The number of piperidine rings is 1. The Bertz CT molecular complexity index is 1260. The lowest BCUT2D eigenvalue weighted by atomic mass is 9.92. The predicted molar refractivity (Wildman–Crippen MR) is 132 cm³/mol. The highest BCUT2D eigenvalue weighted by molar-refractivity contribution is 5.81. The Morgan fingerprint density at radius 3 is 2.50 bits per heavy atom. The van der Waals surface area contributed by atoms with Gasteiger partial charge in [0.25, 0.3) is 0 Å². The Kier molecular flexibility index (Phi) is 6.27. The summed E-state index contributed by atoms with van der Waals surface area (Å²) in [7, 11) is 0. The van der Waals surface area contributed by atoms with Gasteiger partial charge in [-0.1, -0.05) is 30.3 Å². The first-order valence-corrected chi connectivity index (χ1v) is 11.7. The van der Waals surface area contributed by atoms with Gasteiger partial charge in [0.2, 0.25) is 5.91 Å². The molecule has 0 spiro atoms. The molecule has 7 nitrogen and oxygen atoms in total. The van der Waals surface area contributed by atoms with Crippen LogP contribution in [-0.4, -0.2) is 44.9 Å². The minimum Gasteiger partial charge on any atom is -0.489 e. The van der Waals surface area contributed by atoms with Gasteiger partial charge >= 0.3 is 0 Å². The second kappa shape index (κ2) is 9.65. The lowest BCUT2D eigenvalue weighted by molar-refractivity contribution is -0.133. The zero-order valence-electron chi connectivity index (χ0n) is 19.3. The van der Waals surface area contributed by atoms with E-state index in [-0.39, 0.29) is 5.91 Å². The Morgan fingerprint density at radius 1 is 1.06 bits per heavy atom. The molecule has 2 aromatic carbocycles. The predicted octanol–water partition coefficient (Wildman–Crippen LogP) is 4.26. The molecule has 2 aromatic heterocycles. The maximum absolute atomic E-state index is 12.1. The van der Waals surface area contributed by atoms with Gasteiger partial charge in [-0.15, -0.1) is 0 Å². The summed E-state index contributed by atoms with van der Waals surface area (Å²) < 4.78 is 5.89. The number of amides is 1. The second-order valence-corrected chi connectivity index (χ2v) is 8.88. The molecule has 5 rings (SSSR count). The quantitative estimate of drug-likeness (QED) is 0.453. The van der Waals surface area contributed by atoms with Crippen LogP contribution < -0.4 is 10.5 Å². The summed E-state index contributed by atoms with van der Waals surface area (Å²) in [4.78, 5) is 26.9. The highest BCUT2D eigenvalue weighted by atomic mass is 16.5. The lowest BCUT2D eigenvalue weighted by Gasteiger charge is -2.32. The maximum atomic E-state index is 12.1. The number of nitrogens with two attached hydrogens (primary N) is 1. The number of ether oxygens (including phenoxy) is 1. The molecule has 34 heavy (non-hydrogen) atoms. The van der Waals surface area contributed by atoms with Crippen molar-refractivity contribution in [1.82, 2.24) is 19.9 Å². The largest absolute Gasteiger partial charge is 0.489 e. The van der Waals surface area contributed by atoms with E-state index in [1.807, 2.05) is 65.6 Å². The SMILES string of the molecule is CC(N)C(=O)N1CCC(c2ccc3[nH]c(-c4ccc(OCc5ccccc5)cc4)nc3n2)CC1. The van der Waals surface area contributed by atoms with E-state index in [0.29, 0.717) is 18.2 Å². The number of aromatic amines is 1. The molecule has 1 saturated heterocycles. The molecule has 1 unspecified atom stereocenters. The minimum atomic E-state index is -0.446. The molecule has 7 heteroatoms. The van der Waals surface area contributed by atoms with Gasteiger partial charge in [-0.3, -0.25) is 4.79 Å². The molecule has 4 aromatic rings. The van der Waals surface area contributed by atoms with Crippen molar-refractivity contribution in [3.05, 3.63) is 78.0 Å². The van der Waals surface area contributed by atoms with E-state index >= 15 is 0 Å². The first kappa shape index (κ1) is 22.1. The molecular formula is C27H29N5O2. The van der Waals surface area contributed by atoms with Gasteiger partial charge in [0.05, 0.1) is 11.6 Å². The van der Waals surface area contributed by atoms with Crippen LogP contribution in [0.1, 0.15) is 36.9 Å². The summed E-state index contributed by atoms with van der Waals surface area (Å²) in [6, 6.07) is 21.7. The number of nitrogens with one attached hydrogen (secondary N) is 1. The van der Waals surface area contributed by atoms with Gasteiger partial charge in [-0.05, 0) is 61.7 Å². The summed E-state index contributed by atoms with van der Waals surface area (Å²) >= 11 is 0. The van der Waals surface area contributed by atoms with E-state index in [0.717, 1.165) is 59.8 Å². The zero-order valence-corrected chi connectivity index (χ0v) is 19.3. The van der Waals surface area contributed by atoms with Crippen LogP contribution in [0.3, 0.4) is 0 Å². The fourth-order valence-electron chi connectivity index (χ4n) is 4.40. The van der Waals surface area contributed by atoms with Crippen molar-refractivity contribution in [2.24, 2.45) is 5.73 Å². The Labute approximate surface area is 199 Å². The number of carbonyl (C=O) groups is 1. The van der Waals surface area contributed by atoms with Crippen LogP contribution in [0, 0.1) is 0 Å². The fraction of sp³-hybridized carbons (Fsp3) is 0.296. The van der Waals surface area contributed by atoms with Crippen LogP contribution in [0.4, 0.5) is 0 Å². The van der Waals surface area contributed by atoms with E-state index in [9.17, 15) is 4.79 Å². The molecule has 1 aliphatic heterocycles. The molecule has 1 aliphatic rings. The normalized spacial score (nSPS) is 15.4. The van der Waals surface area contributed by atoms with Gasteiger partial charge in [-0.25, -0.2) is 9.97 Å². The average molecular weight is 456 g/mol. The molecule has 1 atom stereocenters. The van der Waals surface area contributed by atoms with Crippen molar-refractivity contribution in [2.75, 3.05) is 13.1 Å². The van der Waals surface area contributed by atoms with E-state index in [1.165, 1.54) is 0 Å². The number of nitrogens with zero attached hydrogens (tertiary/aromatic N) is 3. The highest BCUT2D eigenvalue weighted by Crippen LogP contribution is 2.29. The number of rotatable bonds is 6. The van der Waals surface area contributed by atoms with Gasteiger partial charge in [0.1, 0.15) is 18.2 Å². The van der Waals surface area contributed by atoms with Crippen molar-refractivity contribution in [2.45, 2.75) is 38.3 Å². The molecule has 1 amide bonds. The minimum absolute atomic E-state index is 0.0234. The van der Waals surface area contributed by atoms with Crippen LogP contribution >= 0.6 is 0 Å². The molecule has 1 fully saturated rings. The van der Waals surface area contributed by atoms with Crippen LogP contribution in [0.2, 0.25) is 0 Å². The molecule has 3 N–H and O–H groups in total.